The molecule has 2 aliphatic rings. The van der Waals surface area contributed by atoms with E-state index in [2.05, 4.69) is 15.3 Å². The second kappa shape index (κ2) is 5.49. The van der Waals surface area contributed by atoms with Crippen molar-refractivity contribution in [3.63, 3.8) is 0 Å². The van der Waals surface area contributed by atoms with Crippen LogP contribution < -0.4 is 16.6 Å². The summed E-state index contributed by atoms with van der Waals surface area (Å²) >= 11 is 0. The quantitative estimate of drug-likeness (QED) is 0.791. The molecule has 2 aliphatic carbocycles. The van der Waals surface area contributed by atoms with Gasteiger partial charge in [0.05, 0.1) is 11.5 Å². The molecular weight excluding hydrogens is 294 g/mol. The van der Waals surface area contributed by atoms with Crippen LogP contribution in [0.25, 0.3) is 11.0 Å². The number of anilines is 2. The van der Waals surface area contributed by atoms with Crippen LogP contribution in [0.5, 0.6) is 0 Å². The first kappa shape index (κ1) is 14.4. The molecule has 0 radical (unpaired) electrons. The highest BCUT2D eigenvalue weighted by Gasteiger charge is 2.27. The molecule has 0 aliphatic heterocycles. The van der Waals surface area contributed by atoms with Gasteiger partial charge in [-0.3, -0.25) is 9.36 Å². The zero-order valence-electron chi connectivity index (χ0n) is 12.9. The molecule has 0 aromatic carbocycles. The van der Waals surface area contributed by atoms with Gasteiger partial charge in [-0.25, -0.2) is 4.98 Å². The molecule has 0 saturated heterocycles. The van der Waals surface area contributed by atoms with Crippen LogP contribution in [0.2, 0.25) is 0 Å². The fraction of sp³-hybridized carbons (Fsp3) is 0.562. The smallest absolute Gasteiger partial charge is 0.254 e. The van der Waals surface area contributed by atoms with E-state index in [1.165, 1.54) is 6.07 Å². The Morgan fingerprint density at radius 2 is 1.96 bits per heavy atom. The van der Waals surface area contributed by atoms with E-state index >= 15 is 0 Å². The van der Waals surface area contributed by atoms with Gasteiger partial charge in [0.25, 0.3) is 5.56 Å². The van der Waals surface area contributed by atoms with Gasteiger partial charge in [-0.2, -0.15) is 4.98 Å². The number of hydrogen-bond acceptors (Lipinski definition) is 6. The topological polar surface area (TPSA) is 106 Å². The minimum absolute atomic E-state index is 0.0945. The lowest BCUT2D eigenvalue weighted by Crippen LogP contribution is -2.29. The summed E-state index contributed by atoms with van der Waals surface area (Å²) in [5.74, 6) is 0.526. The van der Waals surface area contributed by atoms with Crippen LogP contribution >= 0.6 is 0 Å². The van der Waals surface area contributed by atoms with E-state index in [9.17, 15) is 9.90 Å². The molecule has 0 amide bonds. The van der Waals surface area contributed by atoms with Gasteiger partial charge in [0, 0.05) is 30.0 Å². The lowest BCUT2D eigenvalue weighted by Gasteiger charge is -2.26. The summed E-state index contributed by atoms with van der Waals surface area (Å²) in [7, 11) is 0. The van der Waals surface area contributed by atoms with Crippen LogP contribution in [0.15, 0.2) is 17.1 Å². The highest BCUT2D eigenvalue weighted by molar-refractivity contribution is 5.87. The number of aliphatic hydroxyl groups is 1. The fourth-order valence-electron chi connectivity index (χ4n) is 3.30. The molecule has 122 valence electrons. The van der Waals surface area contributed by atoms with Crippen molar-refractivity contribution < 1.29 is 5.11 Å². The number of hydrogen-bond donors (Lipinski definition) is 3. The molecule has 2 aromatic heterocycles. The third kappa shape index (κ3) is 2.76. The Bertz CT molecular complexity index is 791. The van der Waals surface area contributed by atoms with Gasteiger partial charge < -0.3 is 16.2 Å². The largest absolute Gasteiger partial charge is 0.398 e. The molecule has 4 N–H and O–H groups in total. The maximum absolute atomic E-state index is 12.2. The van der Waals surface area contributed by atoms with E-state index in [-0.39, 0.29) is 23.7 Å². The maximum atomic E-state index is 12.2. The Hall–Kier alpha value is -2.15. The molecule has 23 heavy (non-hydrogen) atoms. The number of rotatable bonds is 3. The van der Waals surface area contributed by atoms with Gasteiger partial charge in [0.15, 0.2) is 5.65 Å². The van der Waals surface area contributed by atoms with E-state index in [1.807, 2.05) is 0 Å². The van der Waals surface area contributed by atoms with Crippen molar-refractivity contribution in [2.24, 2.45) is 0 Å². The highest BCUT2D eigenvalue weighted by Crippen LogP contribution is 2.36. The Morgan fingerprint density at radius 3 is 2.65 bits per heavy atom. The SMILES string of the molecule is Nc1cc(=O)n(C2CC2)c2nc(N[C@H]3CC[C@H](O)CC3)ncc12. The number of fused-ring (bicyclic) bond motifs is 1. The molecule has 2 fully saturated rings. The van der Waals surface area contributed by atoms with E-state index in [4.69, 9.17) is 5.73 Å². The summed E-state index contributed by atoms with van der Waals surface area (Å²) in [6.45, 7) is 0. The van der Waals surface area contributed by atoms with Gasteiger partial charge in [-0.15, -0.1) is 0 Å². The average molecular weight is 315 g/mol. The van der Waals surface area contributed by atoms with Gasteiger partial charge in [-0.05, 0) is 38.5 Å². The number of aliphatic hydroxyl groups excluding tert-OH is 1. The standard InChI is InChI=1S/C16H21N5O2/c17-13-7-14(23)21(10-3-4-10)15-12(13)8-18-16(20-15)19-9-1-5-11(22)6-2-9/h7-11,22H,1-6,17H2,(H,18,19,20)/t9-,11-. The number of nitrogen functional groups attached to an aromatic ring is 1. The van der Waals surface area contributed by atoms with Crippen molar-refractivity contribution in [3.8, 4) is 0 Å². The molecule has 7 heteroatoms. The van der Waals surface area contributed by atoms with Crippen LogP contribution in [-0.2, 0) is 0 Å². The third-order valence-electron chi connectivity index (χ3n) is 4.77. The first-order valence-electron chi connectivity index (χ1n) is 8.24. The highest BCUT2D eigenvalue weighted by atomic mass is 16.3. The van der Waals surface area contributed by atoms with Crippen molar-refractivity contribution >= 4 is 22.7 Å². The van der Waals surface area contributed by atoms with Gasteiger partial charge in [-0.1, -0.05) is 0 Å². The van der Waals surface area contributed by atoms with Crippen LogP contribution in [0.4, 0.5) is 11.6 Å². The summed E-state index contributed by atoms with van der Waals surface area (Å²) in [4.78, 5) is 21.2. The fourth-order valence-corrected chi connectivity index (χ4v) is 3.30. The molecule has 0 atom stereocenters. The number of nitrogens with two attached hydrogens (primary N) is 1. The Kier molecular flexibility index (Phi) is 3.45. The molecule has 0 bridgehead atoms. The van der Waals surface area contributed by atoms with Crippen molar-refractivity contribution in [1.82, 2.24) is 14.5 Å². The van der Waals surface area contributed by atoms with E-state index in [1.54, 1.807) is 10.8 Å². The predicted molar refractivity (Wildman–Crippen MR) is 88.4 cm³/mol. The van der Waals surface area contributed by atoms with Crippen LogP contribution in [0, 0.1) is 0 Å². The molecular formula is C16H21N5O2. The normalized spacial score (nSPS) is 24.7. The second-order valence-corrected chi connectivity index (χ2v) is 6.62. The lowest BCUT2D eigenvalue weighted by molar-refractivity contribution is 0.126. The predicted octanol–water partition coefficient (Wildman–Crippen LogP) is 1.42. The summed E-state index contributed by atoms with van der Waals surface area (Å²) in [5.41, 5.74) is 6.90. The summed E-state index contributed by atoms with van der Waals surface area (Å²) < 4.78 is 1.74. The number of nitrogens with one attached hydrogen (secondary N) is 1. The number of pyridine rings is 1. The summed E-state index contributed by atoms with van der Waals surface area (Å²) in [6, 6.07) is 1.95. The Labute approximate surface area is 133 Å². The molecule has 2 saturated carbocycles. The molecule has 2 heterocycles. The van der Waals surface area contributed by atoms with Gasteiger partial charge >= 0.3 is 0 Å². The van der Waals surface area contributed by atoms with Crippen LogP contribution in [0.3, 0.4) is 0 Å². The molecule has 0 unspecified atom stereocenters. The monoisotopic (exact) mass is 315 g/mol. The molecule has 0 spiro atoms. The second-order valence-electron chi connectivity index (χ2n) is 6.62. The van der Waals surface area contributed by atoms with Gasteiger partial charge in [0.2, 0.25) is 5.95 Å². The summed E-state index contributed by atoms with van der Waals surface area (Å²) in [5, 5.41) is 13.6. The van der Waals surface area contributed by atoms with Gasteiger partial charge in [0.1, 0.15) is 0 Å². The number of aromatic nitrogens is 3. The molecule has 4 rings (SSSR count). The van der Waals surface area contributed by atoms with Crippen molar-refractivity contribution in [3.05, 3.63) is 22.6 Å². The first-order valence-corrected chi connectivity index (χ1v) is 8.24. The zero-order valence-corrected chi connectivity index (χ0v) is 12.9. The average Bonchev–Trinajstić information content (AvgIpc) is 3.34. The first-order chi connectivity index (χ1) is 11.1. The minimum Gasteiger partial charge on any atom is -0.398 e. The maximum Gasteiger partial charge on any atom is 0.254 e. The third-order valence-corrected chi connectivity index (χ3v) is 4.77. The van der Waals surface area contributed by atoms with Crippen LogP contribution in [0.1, 0.15) is 44.6 Å². The van der Waals surface area contributed by atoms with Crippen molar-refractivity contribution in [2.45, 2.75) is 56.7 Å². The molecule has 2 aromatic rings. The number of nitrogens with zero attached hydrogens (tertiary/aromatic N) is 3. The minimum atomic E-state index is -0.189. The molecule has 7 nitrogen and oxygen atoms in total. The Morgan fingerprint density at radius 1 is 1.22 bits per heavy atom. The Balaban J connectivity index is 1.69. The van der Waals surface area contributed by atoms with Crippen LogP contribution in [-0.4, -0.2) is 31.8 Å². The van der Waals surface area contributed by atoms with Crippen molar-refractivity contribution in [2.75, 3.05) is 11.1 Å². The van der Waals surface area contributed by atoms with E-state index < -0.39 is 0 Å². The summed E-state index contributed by atoms with van der Waals surface area (Å²) in [6.07, 6.45) is 6.90. The van der Waals surface area contributed by atoms with Crippen molar-refractivity contribution in [1.29, 1.82) is 0 Å². The van der Waals surface area contributed by atoms with E-state index in [0.29, 0.717) is 17.3 Å². The van der Waals surface area contributed by atoms with E-state index in [0.717, 1.165) is 43.9 Å². The lowest BCUT2D eigenvalue weighted by atomic mass is 9.93. The zero-order chi connectivity index (χ0) is 16.0.